The third-order valence-corrected chi connectivity index (χ3v) is 3.88. The zero-order valence-electron chi connectivity index (χ0n) is 9.60. The Balaban J connectivity index is 2.28. The van der Waals surface area contributed by atoms with Crippen molar-refractivity contribution in [3.63, 3.8) is 0 Å². The van der Waals surface area contributed by atoms with Gasteiger partial charge in [0.25, 0.3) is 0 Å². The molecule has 16 heavy (non-hydrogen) atoms. The van der Waals surface area contributed by atoms with Crippen LogP contribution in [0.1, 0.15) is 30.2 Å². The summed E-state index contributed by atoms with van der Waals surface area (Å²) in [5.41, 5.74) is 7.90. The van der Waals surface area contributed by atoms with E-state index < -0.39 is 0 Å². The van der Waals surface area contributed by atoms with Crippen LogP contribution in [-0.4, -0.2) is 4.98 Å². The van der Waals surface area contributed by atoms with Gasteiger partial charge in [-0.2, -0.15) is 0 Å². The molecule has 0 unspecified atom stereocenters. The van der Waals surface area contributed by atoms with E-state index in [1.807, 2.05) is 6.20 Å². The highest BCUT2D eigenvalue weighted by Gasteiger charge is 2.07. The van der Waals surface area contributed by atoms with E-state index in [4.69, 9.17) is 5.73 Å². The summed E-state index contributed by atoms with van der Waals surface area (Å²) in [6.45, 7) is 4.97. The lowest BCUT2D eigenvalue weighted by Crippen LogP contribution is -1.94. The first-order valence-corrected chi connectivity index (χ1v) is 6.27. The first-order chi connectivity index (χ1) is 7.70. The van der Waals surface area contributed by atoms with E-state index in [0.717, 1.165) is 10.6 Å². The molecular formula is C13H16N2S. The number of aromatic nitrogens is 1. The van der Waals surface area contributed by atoms with Gasteiger partial charge in [-0.05, 0) is 11.5 Å². The molecule has 1 aromatic heterocycles. The zero-order chi connectivity index (χ0) is 11.5. The van der Waals surface area contributed by atoms with Crippen LogP contribution >= 0.6 is 11.3 Å². The van der Waals surface area contributed by atoms with Gasteiger partial charge in [0.2, 0.25) is 0 Å². The Morgan fingerprint density at radius 1 is 1.25 bits per heavy atom. The molecule has 0 aliphatic rings. The van der Waals surface area contributed by atoms with Crippen molar-refractivity contribution in [2.45, 2.75) is 26.3 Å². The highest BCUT2D eigenvalue weighted by molar-refractivity contribution is 7.15. The van der Waals surface area contributed by atoms with Gasteiger partial charge in [0.05, 0.1) is 0 Å². The molecule has 0 spiro atoms. The lowest BCUT2D eigenvalue weighted by molar-refractivity contribution is 0.885. The number of rotatable bonds is 3. The van der Waals surface area contributed by atoms with Crippen molar-refractivity contribution in [2.24, 2.45) is 5.73 Å². The Kier molecular flexibility index (Phi) is 3.36. The molecule has 2 N–H and O–H groups in total. The molecule has 0 aliphatic heterocycles. The van der Waals surface area contributed by atoms with E-state index in [0.29, 0.717) is 12.5 Å². The summed E-state index contributed by atoms with van der Waals surface area (Å²) < 4.78 is 0. The van der Waals surface area contributed by atoms with Gasteiger partial charge in [-0.3, -0.25) is 0 Å². The number of benzene rings is 1. The molecule has 0 fully saturated rings. The van der Waals surface area contributed by atoms with Crippen LogP contribution < -0.4 is 5.73 Å². The largest absolute Gasteiger partial charge is 0.326 e. The monoisotopic (exact) mass is 232 g/mol. The summed E-state index contributed by atoms with van der Waals surface area (Å²) in [5.74, 6) is 0.551. The van der Waals surface area contributed by atoms with Crippen LogP contribution in [0.25, 0.3) is 10.6 Å². The van der Waals surface area contributed by atoms with Gasteiger partial charge in [0.1, 0.15) is 5.01 Å². The fourth-order valence-electron chi connectivity index (χ4n) is 1.47. The van der Waals surface area contributed by atoms with Crippen molar-refractivity contribution in [3.8, 4) is 10.6 Å². The highest BCUT2D eigenvalue weighted by Crippen LogP contribution is 2.29. The van der Waals surface area contributed by atoms with Crippen LogP contribution in [-0.2, 0) is 6.54 Å². The van der Waals surface area contributed by atoms with Crippen LogP contribution in [0.2, 0.25) is 0 Å². The van der Waals surface area contributed by atoms with Gasteiger partial charge < -0.3 is 5.73 Å². The lowest BCUT2D eigenvalue weighted by atomic mass is 10.1. The number of hydrogen-bond acceptors (Lipinski definition) is 3. The summed E-state index contributed by atoms with van der Waals surface area (Å²) in [6.07, 6.45) is 1.97. The molecule has 84 valence electrons. The van der Waals surface area contributed by atoms with E-state index in [1.165, 1.54) is 10.4 Å². The van der Waals surface area contributed by atoms with E-state index in [-0.39, 0.29) is 0 Å². The van der Waals surface area contributed by atoms with Crippen molar-refractivity contribution in [2.75, 3.05) is 0 Å². The summed E-state index contributed by atoms with van der Waals surface area (Å²) >= 11 is 1.77. The maximum Gasteiger partial charge on any atom is 0.123 e. The second-order valence-electron chi connectivity index (χ2n) is 4.12. The van der Waals surface area contributed by atoms with Crippen LogP contribution in [0.3, 0.4) is 0 Å². The maximum absolute atomic E-state index is 5.57. The molecule has 1 heterocycles. The number of hydrogen-bond donors (Lipinski definition) is 1. The first-order valence-electron chi connectivity index (χ1n) is 5.46. The van der Waals surface area contributed by atoms with Crippen LogP contribution in [0.5, 0.6) is 0 Å². The normalized spacial score (nSPS) is 11.0. The van der Waals surface area contributed by atoms with Gasteiger partial charge in [-0.15, -0.1) is 11.3 Å². The first kappa shape index (κ1) is 11.3. The summed E-state index contributed by atoms with van der Waals surface area (Å²) in [4.78, 5) is 5.78. The maximum atomic E-state index is 5.57. The molecule has 0 aliphatic carbocycles. The average Bonchev–Trinajstić information content (AvgIpc) is 2.78. The van der Waals surface area contributed by atoms with E-state index >= 15 is 0 Å². The minimum Gasteiger partial charge on any atom is -0.326 e. The van der Waals surface area contributed by atoms with Crippen LogP contribution in [0, 0.1) is 0 Å². The van der Waals surface area contributed by atoms with Gasteiger partial charge in [0, 0.05) is 23.2 Å². The Morgan fingerprint density at radius 2 is 1.94 bits per heavy atom. The molecule has 0 bridgehead atoms. The molecule has 1 aromatic carbocycles. The van der Waals surface area contributed by atoms with E-state index in [1.54, 1.807) is 11.3 Å². The Labute approximate surface area is 100 Å². The predicted molar refractivity (Wildman–Crippen MR) is 69.5 cm³/mol. The summed E-state index contributed by atoms with van der Waals surface area (Å²) in [5, 5.41) is 1.09. The number of nitrogens with two attached hydrogens (primary N) is 1. The molecule has 0 saturated heterocycles. The second kappa shape index (κ2) is 4.76. The Hall–Kier alpha value is -1.19. The van der Waals surface area contributed by atoms with Crippen molar-refractivity contribution < 1.29 is 0 Å². The minimum absolute atomic E-state index is 0.551. The smallest absolute Gasteiger partial charge is 0.123 e. The van der Waals surface area contributed by atoms with Crippen molar-refractivity contribution in [1.29, 1.82) is 0 Å². The molecule has 2 rings (SSSR count). The third-order valence-electron chi connectivity index (χ3n) is 2.53. The fraction of sp³-hybridized carbons (Fsp3) is 0.308. The van der Waals surface area contributed by atoms with Crippen LogP contribution in [0.15, 0.2) is 30.5 Å². The van der Waals surface area contributed by atoms with Crippen molar-refractivity contribution in [3.05, 3.63) is 40.9 Å². The molecule has 0 amide bonds. The fourth-order valence-corrected chi connectivity index (χ4v) is 2.39. The molecule has 0 radical (unpaired) electrons. The van der Waals surface area contributed by atoms with Crippen molar-refractivity contribution in [1.82, 2.24) is 4.98 Å². The van der Waals surface area contributed by atoms with Gasteiger partial charge >= 0.3 is 0 Å². The highest BCUT2D eigenvalue weighted by atomic mass is 32.1. The number of thiazole rings is 1. The Morgan fingerprint density at radius 3 is 2.44 bits per heavy atom. The third kappa shape index (κ3) is 2.31. The lowest BCUT2D eigenvalue weighted by Gasteiger charge is -1.99. The van der Waals surface area contributed by atoms with Crippen molar-refractivity contribution >= 4 is 11.3 Å². The Bertz CT molecular complexity index is 457. The molecule has 3 heteroatoms. The van der Waals surface area contributed by atoms with Gasteiger partial charge in [-0.25, -0.2) is 4.98 Å². The number of nitrogens with zero attached hydrogens (tertiary/aromatic N) is 1. The SMILES string of the molecule is CC(C)c1cnc(-c2ccc(CN)cc2)s1. The molecule has 0 saturated carbocycles. The van der Waals surface area contributed by atoms with Crippen LogP contribution in [0.4, 0.5) is 0 Å². The standard InChI is InChI=1S/C13H16N2S/c1-9(2)12-8-15-13(16-12)11-5-3-10(7-14)4-6-11/h3-6,8-9H,7,14H2,1-2H3. The molecular weight excluding hydrogens is 216 g/mol. The average molecular weight is 232 g/mol. The van der Waals surface area contributed by atoms with Gasteiger partial charge in [0.15, 0.2) is 0 Å². The summed E-state index contributed by atoms with van der Waals surface area (Å²) in [6, 6.07) is 8.30. The molecule has 2 nitrogen and oxygen atoms in total. The summed E-state index contributed by atoms with van der Waals surface area (Å²) in [7, 11) is 0. The minimum atomic E-state index is 0.551. The quantitative estimate of drug-likeness (QED) is 0.881. The molecule has 2 aromatic rings. The predicted octanol–water partition coefficient (Wildman–Crippen LogP) is 3.39. The topological polar surface area (TPSA) is 38.9 Å². The van der Waals surface area contributed by atoms with E-state index in [9.17, 15) is 0 Å². The zero-order valence-corrected chi connectivity index (χ0v) is 10.4. The van der Waals surface area contributed by atoms with E-state index in [2.05, 4.69) is 43.1 Å². The second-order valence-corrected chi connectivity index (χ2v) is 5.19. The molecule has 0 atom stereocenters. The van der Waals surface area contributed by atoms with Gasteiger partial charge in [-0.1, -0.05) is 38.1 Å².